The van der Waals surface area contributed by atoms with E-state index in [1.807, 2.05) is 24.3 Å². The van der Waals surface area contributed by atoms with Gasteiger partial charge in [0.1, 0.15) is 0 Å². The van der Waals surface area contributed by atoms with Crippen LogP contribution in [-0.4, -0.2) is 36.7 Å². The van der Waals surface area contributed by atoms with Gasteiger partial charge in [-0.05, 0) is 19.8 Å². The van der Waals surface area contributed by atoms with Gasteiger partial charge in [0, 0.05) is 7.11 Å². The SMILES string of the molecule is COCC(NC(=O)C1(C)C=CCC=CC1)C(=O)O. The second-order valence-electron chi connectivity index (χ2n) is 4.55. The van der Waals surface area contributed by atoms with Gasteiger partial charge in [-0.3, -0.25) is 4.79 Å². The van der Waals surface area contributed by atoms with Crippen molar-refractivity contribution in [2.45, 2.75) is 25.8 Å². The standard InChI is InChI=1S/C13H19NO4/c1-13(7-5-3-4-6-8-13)12(17)14-10(9-18-2)11(15)16/h3,5-6,8,10H,4,7,9H2,1-2H3,(H,14,17)(H,15,16). The molecule has 2 unspecified atom stereocenters. The van der Waals surface area contributed by atoms with Gasteiger partial charge in [0.2, 0.25) is 5.91 Å². The smallest absolute Gasteiger partial charge is 0.328 e. The molecule has 0 heterocycles. The zero-order valence-electron chi connectivity index (χ0n) is 10.7. The molecule has 1 aliphatic carbocycles. The maximum atomic E-state index is 12.1. The summed E-state index contributed by atoms with van der Waals surface area (Å²) in [6, 6.07) is -1.01. The fourth-order valence-electron chi connectivity index (χ4n) is 1.73. The Morgan fingerprint density at radius 1 is 1.44 bits per heavy atom. The lowest BCUT2D eigenvalue weighted by atomic mass is 9.85. The van der Waals surface area contributed by atoms with E-state index in [0.29, 0.717) is 6.42 Å². The molecule has 0 spiro atoms. The second-order valence-corrected chi connectivity index (χ2v) is 4.55. The number of methoxy groups -OCH3 is 1. The van der Waals surface area contributed by atoms with Crippen LogP contribution in [0.4, 0.5) is 0 Å². The van der Waals surface area contributed by atoms with Crippen molar-refractivity contribution < 1.29 is 19.4 Å². The average Bonchev–Trinajstić information content (AvgIpc) is 2.54. The van der Waals surface area contributed by atoms with Crippen LogP contribution in [-0.2, 0) is 14.3 Å². The summed E-state index contributed by atoms with van der Waals surface area (Å²) in [5, 5.41) is 11.5. The van der Waals surface area contributed by atoms with Crippen molar-refractivity contribution in [3.05, 3.63) is 24.3 Å². The second kappa shape index (κ2) is 6.35. The quantitative estimate of drug-likeness (QED) is 0.720. The molecule has 18 heavy (non-hydrogen) atoms. The fourth-order valence-corrected chi connectivity index (χ4v) is 1.73. The van der Waals surface area contributed by atoms with Gasteiger partial charge in [-0.25, -0.2) is 4.79 Å². The summed E-state index contributed by atoms with van der Waals surface area (Å²) in [4.78, 5) is 23.1. The van der Waals surface area contributed by atoms with Gasteiger partial charge in [-0.15, -0.1) is 0 Å². The summed E-state index contributed by atoms with van der Waals surface area (Å²) in [5.74, 6) is -1.39. The Labute approximate surface area is 107 Å². The lowest BCUT2D eigenvalue weighted by Crippen LogP contribution is -2.48. The lowest BCUT2D eigenvalue weighted by Gasteiger charge is -2.25. The summed E-state index contributed by atoms with van der Waals surface area (Å²) in [7, 11) is 1.40. The number of carboxylic acids is 1. The van der Waals surface area contributed by atoms with Gasteiger partial charge >= 0.3 is 5.97 Å². The fraction of sp³-hybridized carbons (Fsp3) is 0.538. The number of rotatable bonds is 5. The maximum Gasteiger partial charge on any atom is 0.328 e. The molecule has 0 aromatic rings. The molecule has 1 amide bonds. The summed E-state index contributed by atoms with van der Waals surface area (Å²) in [5.41, 5.74) is -0.700. The molecule has 0 aliphatic heterocycles. The molecular formula is C13H19NO4. The number of hydrogen-bond acceptors (Lipinski definition) is 3. The molecule has 100 valence electrons. The molecule has 5 heteroatoms. The Kier molecular flexibility index (Phi) is 5.09. The maximum absolute atomic E-state index is 12.1. The molecular weight excluding hydrogens is 234 g/mol. The van der Waals surface area contributed by atoms with E-state index in [2.05, 4.69) is 5.32 Å². The molecule has 0 aromatic heterocycles. The number of carbonyl (C=O) groups is 2. The van der Waals surface area contributed by atoms with E-state index in [1.54, 1.807) is 6.92 Å². The van der Waals surface area contributed by atoms with E-state index >= 15 is 0 Å². The first kappa shape index (κ1) is 14.4. The van der Waals surface area contributed by atoms with Crippen molar-refractivity contribution in [3.63, 3.8) is 0 Å². The highest BCUT2D eigenvalue weighted by molar-refractivity contribution is 5.88. The normalized spacial score (nSPS) is 24.3. The number of aliphatic carboxylic acids is 1. The Morgan fingerprint density at radius 2 is 2.17 bits per heavy atom. The Bertz CT molecular complexity index is 375. The molecule has 0 radical (unpaired) electrons. The van der Waals surface area contributed by atoms with Crippen LogP contribution >= 0.6 is 0 Å². The van der Waals surface area contributed by atoms with Gasteiger partial charge in [0.25, 0.3) is 0 Å². The molecule has 1 aliphatic rings. The molecule has 5 nitrogen and oxygen atoms in total. The van der Waals surface area contributed by atoms with Gasteiger partial charge in [0.05, 0.1) is 12.0 Å². The van der Waals surface area contributed by atoms with Crippen LogP contribution in [0.25, 0.3) is 0 Å². The molecule has 1 rings (SSSR count). The van der Waals surface area contributed by atoms with Crippen molar-refractivity contribution in [2.24, 2.45) is 5.41 Å². The van der Waals surface area contributed by atoms with Crippen molar-refractivity contribution in [2.75, 3.05) is 13.7 Å². The molecule has 0 saturated carbocycles. The molecule has 0 bridgehead atoms. The van der Waals surface area contributed by atoms with Crippen molar-refractivity contribution in [3.8, 4) is 0 Å². The number of carbonyl (C=O) groups excluding carboxylic acids is 1. The number of ether oxygens (including phenoxy) is 1. The number of carboxylic acid groups (broad SMARTS) is 1. The van der Waals surface area contributed by atoms with Crippen LogP contribution in [0.5, 0.6) is 0 Å². The van der Waals surface area contributed by atoms with Crippen LogP contribution in [0.3, 0.4) is 0 Å². The van der Waals surface area contributed by atoms with E-state index in [0.717, 1.165) is 6.42 Å². The third-order valence-electron chi connectivity index (χ3n) is 2.92. The van der Waals surface area contributed by atoms with Gasteiger partial charge in [-0.2, -0.15) is 0 Å². The Hall–Kier alpha value is -1.62. The monoisotopic (exact) mass is 253 g/mol. The molecule has 2 N–H and O–H groups in total. The van der Waals surface area contributed by atoms with Gasteiger partial charge in [-0.1, -0.05) is 24.3 Å². The van der Waals surface area contributed by atoms with E-state index in [4.69, 9.17) is 9.84 Å². The van der Waals surface area contributed by atoms with Crippen molar-refractivity contribution >= 4 is 11.9 Å². The first-order chi connectivity index (χ1) is 8.49. The minimum atomic E-state index is -1.10. The van der Waals surface area contributed by atoms with Crippen LogP contribution < -0.4 is 5.32 Å². The third kappa shape index (κ3) is 3.70. The summed E-state index contributed by atoms with van der Waals surface area (Å²) in [6.07, 6.45) is 9.02. The highest BCUT2D eigenvalue weighted by atomic mass is 16.5. The number of nitrogens with one attached hydrogen (secondary N) is 1. The zero-order valence-corrected chi connectivity index (χ0v) is 10.7. The lowest BCUT2D eigenvalue weighted by molar-refractivity contribution is -0.144. The van der Waals surface area contributed by atoms with Gasteiger partial charge < -0.3 is 15.2 Å². The van der Waals surface area contributed by atoms with Crippen LogP contribution in [0.1, 0.15) is 19.8 Å². The third-order valence-corrected chi connectivity index (χ3v) is 2.92. The van der Waals surface area contributed by atoms with E-state index in [-0.39, 0.29) is 12.5 Å². The minimum absolute atomic E-state index is 0.0449. The predicted molar refractivity (Wildman–Crippen MR) is 67.1 cm³/mol. The van der Waals surface area contributed by atoms with Gasteiger partial charge in [0.15, 0.2) is 6.04 Å². The summed E-state index contributed by atoms with van der Waals surface area (Å²) < 4.78 is 4.78. The number of amides is 1. The zero-order chi connectivity index (χ0) is 13.6. The van der Waals surface area contributed by atoms with E-state index in [1.165, 1.54) is 7.11 Å². The Balaban J connectivity index is 2.73. The predicted octanol–water partition coefficient (Wildman–Crippen LogP) is 1.11. The molecule has 0 fully saturated rings. The molecule has 0 aromatic carbocycles. The first-order valence-corrected chi connectivity index (χ1v) is 5.85. The molecule has 2 atom stereocenters. The summed E-state index contributed by atoms with van der Waals surface area (Å²) >= 11 is 0. The highest BCUT2D eigenvalue weighted by Gasteiger charge is 2.32. The average molecular weight is 253 g/mol. The highest BCUT2D eigenvalue weighted by Crippen LogP contribution is 2.26. The van der Waals surface area contributed by atoms with E-state index in [9.17, 15) is 9.59 Å². The largest absolute Gasteiger partial charge is 0.480 e. The van der Waals surface area contributed by atoms with Crippen molar-refractivity contribution in [1.29, 1.82) is 0 Å². The Morgan fingerprint density at radius 3 is 2.78 bits per heavy atom. The summed E-state index contributed by atoms with van der Waals surface area (Å²) in [6.45, 7) is 1.75. The molecule has 0 saturated heterocycles. The minimum Gasteiger partial charge on any atom is -0.480 e. The number of allylic oxidation sites excluding steroid dienone is 3. The van der Waals surface area contributed by atoms with Crippen LogP contribution in [0, 0.1) is 5.41 Å². The topological polar surface area (TPSA) is 75.6 Å². The van der Waals surface area contributed by atoms with Crippen LogP contribution in [0.2, 0.25) is 0 Å². The van der Waals surface area contributed by atoms with E-state index < -0.39 is 17.4 Å². The number of hydrogen-bond donors (Lipinski definition) is 2. The van der Waals surface area contributed by atoms with Crippen molar-refractivity contribution in [1.82, 2.24) is 5.32 Å². The first-order valence-electron chi connectivity index (χ1n) is 5.85. The van der Waals surface area contributed by atoms with Crippen LogP contribution in [0.15, 0.2) is 24.3 Å².